The quantitative estimate of drug-likeness (QED) is 0.855. The molecule has 0 unspecified atom stereocenters. The van der Waals surface area contributed by atoms with Crippen LogP contribution in [0.5, 0.6) is 5.75 Å². The van der Waals surface area contributed by atoms with E-state index >= 15 is 0 Å². The fraction of sp³-hybridized carbons (Fsp3) is 0.190. The van der Waals surface area contributed by atoms with Crippen molar-refractivity contribution in [2.45, 2.75) is 12.5 Å². The number of nitrogens with zero attached hydrogens (tertiary/aromatic N) is 1. The number of carbonyl (C=O) groups excluding carboxylic acids is 2. The van der Waals surface area contributed by atoms with E-state index in [0.717, 1.165) is 11.1 Å². The molecule has 2 N–H and O–H groups in total. The number of hydrogen-bond acceptors (Lipinski definition) is 4. The predicted molar refractivity (Wildman–Crippen MR) is 103 cm³/mol. The maximum Gasteiger partial charge on any atom is 0.270 e. The van der Waals surface area contributed by atoms with Crippen LogP contribution in [0.2, 0.25) is 0 Å². The predicted octanol–water partition coefficient (Wildman–Crippen LogP) is 2.27. The van der Waals surface area contributed by atoms with Gasteiger partial charge in [0.1, 0.15) is 29.9 Å². The molecule has 2 heterocycles. The third-order valence-corrected chi connectivity index (χ3v) is 4.52. The average molecular weight is 379 g/mol. The van der Waals surface area contributed by atoms with Gasteiger partial charge in [-0.1, -0.05) is 24.3 Å². The second-order valence-electron chi connectivity index (χ2n) is 6.63. The van der Waals surface area contributed by atoms with Crippen LogP contribution in [-0.2, 0) is 16.0 Å². The van der Waals surface area contributed by atoms with E-state index in [1.807, 2.05) is 12.1 Å². The lowest BCUT2D eigenvalue weighted by Crippen LogP contribution is -2.48. The number of amides is 2. The van der Waals surface area contributed by atoms with E-state index in [0.29, 0.717) is 24.4 Å². The molecule has 4 rings (SSSR count). The van der Waals surface area contributed by atoms with Crippen molar-refractivity contribution < 1.29 is 18.7 Å². The molecule has 0 aromatic heterocycles. The SMILES string of the molecule is O=C(N[C@@H]1COc2ccccc2NC1=O)C1=NCC(Cc2cccc(F)c2)=C1. The number of halogens is 1. The summed E-state index contributed by atoms with van der Waals surface area (Å²) in [4.78, 5) is 29.1. The molecule has 0 aliphatic carbocycles. The molecule has 28 heavy (non-hydrogen) atoms. The van der Waals surface area contributed by atoms with Crippen molar-refractivity contribution in [3.05, 3.63) is 71.6 Å². The lowest BCUT2D eigenvalue weighted by Gasteiger charge is -2.14. The largest absolute Gasteiger partial charge is 0.489 e. The Labute approximate surface area is 161 Å². The van der Waals surface area contributed by atoms with Crippen LogP contribution in [-0.4, -0.2) is 36.7 Å². The molecule has 2 aliphatic rings. The highest BCUT2D eigenvalue weighted by molar-refractivity contribution is 6.44. The lowest BCUT2D eigenvalue weighted by molar-refractivity contribution is -0.123. The number of aliphatic imine (C=N–C) groups is 1. The van der Waals surface area contributed by atoms with Gasteiger partial charge in [0.15, 0.2) is 0 Å². The van der Waals surface area contributed by atoms with E-state index < -0.39 is 11.9 Å². The first-order valence-corrected chi connectivity index (χ1v) is 8.90. The Hall–Kier alpha value is -3.48. The van der Waals surface area contributed by atoms with Gasteiger partial charge in [-0.2, -0.15) is 0 Å². The number of para-hydroxylation sites is 2. The van der Waals surface area contributed by atoms with Gasteiger partial charge in [-0.05, 0) is 47.9 Å². The summed E-state index contributed by atoms with van der Waals surface area (Å²) in [5.41, 5.74) is 2.54. The third-order valence-electron chi connectivity index (χ3n) is 4.52. The highest BCUT2D eigenvalue weighted by Gasteiger charge is 2.28. The van der Waals surface area contributed by atoms with Gasteiger partial charge < -0.3 is 15.4 Å². The van der Waals surface area contributed by atoms with Crippen LogP contribution < -0.4 is 15.4 Å². The molecule has 6 nitrogen and oxygen atoms in total. The summed E-state index contributed by atoms with van der Waals surface area (Å²) in [6.45, 7) is 0.403. The van der Waals surface area contributed by atoms with Gasteiger partial charge in [-0.3, -0.25) is 14.6 Å². The standard InChI is InChI=1S/C21H18FN3O3/c22-15-5-3-4-13(9-15)8-14-10-17(23-11-14)20(26)25-18-12-28-19-7-2-1-6-16(19)24-21(18)27/h1-7,9-10,18H,8,11-12H2,(H,24,27)(H,25,26)/t18-/m1/s1. The van der Waals surface area contributed by atoms with Crippen LogP contribution in [0.4, 0.5) is 10.1 Å². The molecular weight excluding hydrogens is 361 g/mol. The van der Waals surface area contributed by atoms with E-state index in [-0.39, 0.29) is 24.0 Å². The Morgan fingerprint density at radius 2 is 2.11 bits per heavy atom. The van der Waals surface area contributed by atoms with Crippen LogP contribution in [0.3, 0.4) is 0 Å². The first-order chi connectivity index (χ1) is 13.6. The summed E-state index contributed by atoms with van der Waals surface area (Å²) in [6.07, 6.45) is 2.20. The fourth-order valence-electron chi connectivity index (χ4n) is 3.13. The molecule has 0 bridgehead atoms. The van der Waals surface area contributed by atoms with E-state index in [4.69, 9.17) is 4.74 Å². The third kappa shape index (κ3) is 3.93. The van der Waals surface area contributed by atoms with Crippen LogP contribution in [0.1, 0.15) is 5.56 Å². The number of nitrogens with one attached hydrogen (secondary N) is 2. The molecule has 0 fully saturated rings. The number of rotatable bonds is 4. The molecule has 1 atom stereocenters. The van der Waals surface area contributed by atoms with Gasteiger partial charge in [-0.25, -0.2) is 4.39 Å². The molecule has 2 aromatic carbocycles. The second-order valence-corrected chi connectivity index (χ2v) is 6.63. The number of ether oxygens (including phenoxy) is 1. The van der Waals surface area contributed by atoms with Gasteiger partial charge in [0.2, 0.25) is 0 Å². The number of anilines is 1. The minimum absolute atomic E-state index is 0.0295. The van der Waals surface area contributed by atoms with Gasteiger partial charge in [0.05, 0.1) is 12.2 Å². The van der Waals surface area contributed by atoms with Crippen molar-refractivity contribution >= 4 is 23.2 Å². The van der Waals surface area contributed by atoms with Crippen LogP contribution >= 0.6 is 0 Å². The summed E-state index contributed by atoms with van der Waals surface area (Å²) < 4.78 is 18.9. The van der Waals surface area contributed by atoms with Crippen molar-refractivity contribution in [3.8, 4) is 5.75 Å². The van der Waals surface area contributed by atoms with Gasteiger partial charge in [0.25, 0.3) is 11.8 Å². The molecular formula is C21H18FN3O3. The number of fused-ring (bicyclic) bond motifs is 1. The maximum absolute atomic E-state index is 13.3. The lowest BCUT2D eigenvalue weighted by atomic mass is 10.1. The Kier molecular flexibility index (Phi) is 4.89. The highest BCUT2D eigenvalue weighted by atomic mass is 19.1. The van der Waals surface area contributed by atoms with Crippen molar-refractivity contribution in [1.82, 2.24) is 5.32 Å². The van der Waals surface area contributed by atoms with Crippen LogP contribution in [0.25, 0.3) is 0 Å². The topological polar surface area (TPSA) is 79.8 Å². The zero-order valence-corrected chi connectivity index (χ0v) is 14.9. The maximum atomic E-state index is 13.3. The van der Waals surface area contributed by atoms with Gasteiger partial charge >= 0.3 is 0 Å². The number of hydrogen-bond donors (Lipinski definition) is 2. The Balaban J connectivity index is 1.39. The molecule has 0 radical (unpaired) electrons. The minimum Gasteiger partial charge on any atom is -0.489 e. The molecule has 142 valence electrons. The monoisotopic (exact) mass is 379 g/mol. The zero-order valence-electron chi connectivity index (χ0n) is 14.9. The Morgan fingerprint density at radius 1 is 1.25 bits per heavy atom. The van der Waals surface area contributed by atoms with E-state index in [2.05, 4.69) is 15.6 Å². The summed E-state index contributed by atoms with van der Waals surface area (Å²) in [5.74, 6) is -0.525. The number of carbonyl (C=O) groups is 2. The second kappa shape index (κ2) is 7.64. The van der Waals surface area contributed by atoms with Crippen LogP contribution in [0, 0.1) is 5.82 Å². The van der Waals surface area contributed by atoms with Crippen molar-refractivity contribution in [1.29, 1.82) is 0 Å². The highest BCUT2D eigenvalue weighted by Crippen LogP contribution is 2.26. The Bertz CT molecular complexity index is 1000. The van der Waals surface area contributed by atoms with Crippen molar-refractivity contribution in [2.24, 2.45) is 4.99 Å². The molecule has 7 heteroatoms. The molecule has 2 aromatic rings. The zero-order chi connectivity index (χ0) is 19.5. The average Bonchev–Trinajstić information content (AvgIpc) is 3.08. The van der Waals surface area contributed by atoms with Crippen LogP contribution in [0.15, 0.2) is 65.2 Å². The van der Waals surface area contributed by atoms with E-state index in [9.17, 15) is 14.0 Å². The fourth-order valence-corrected chi connectivity index (χ4v) is 3.13. The first kappa shape index (κ1) is 17.9. The molecule has 0 saturated carbocycles. The first-order valence-electron chi connectivity index (χ1n) is 8.90. The molecule has 0 saturated heterocycles. The minimum atomic E-state index is -0.830. The van der Waals surface area contributed by atoms with E-state index in [1.54, 1.807) is 30.3 Å². The number of benzene rings is 2. The summed E-state index contributed by atoms with van der Waals surface area (Å²) in [6, 6.07) is 12.6. The van der Waals surface area contributed by atoms with Crippen molar-refractivity contribution in [3.63, 3.8) is 0 Å². The molecule has 2 aliphatic heterocycles. The smallest absolute Gasteiger partial charge is 0.270 e. The van der Waals surface area contributed by atoms with Crippen molar-refractivity contribution in [2.75, 3.05) is 18.5 Å². The summed E-state index contributed by atoms with van der Waals surface area (Å²) >= 11 is 0. The molecule has 0 spiro atoms. The van der Waals surface area contributed by atoms with E-state index in [1.165, 1.54) is 12.1 Å². The normalized spacial score (nSPS) is 18.2. The summed E-state index contributed by atoms with van der Waals surface area (Å²) in [7, 11) is 0. The summed E-state index contributed by atoms with van der Waals surface area (Å²) in [5, 5.41) is 5.41. The molecule has 2 amide bonds. The van der Waals surface area contributed by atoms with Gasteiger partial charge in [-0.15, -0.1) is 0 Å². The Morgan fingerprint density at radius 3 is 2.96 bits per heavy atom. The van der Waals surface area contributed by atoms with Gasteiger partial charge in [0, 0.05) is 0 Å².